The maximum Gasteiger partial charge on any atom is 1.00 e. The van der Waals surface area contributed by atoms with Crippen LogP contribution < -0.4 is 0 Å². The van der Waals surface area contributed by atoms with Crippen LogP contribution in [-0.4, -0.2) is 0 Å². The van der Waals surface area contributed by atoms with E-state index in [1.165, 1.54) is 0 Å². The molecule has 12 heavy (non-hydrogen) atoms. The first-order valence-electron chi connectivity index (χ1n) is 3.90. The number of hydrogen-bond acceptors (Lipinski definition) is 3. The Morgan fingerprint density at radius 1 is 1.25 bits per heavy atom. The predicted octanol–water partition coefficient (Wildman–Crippen LogP) is 2.09. The van der Waals surface area contributed by atoms with Crippen molar-refractivity contribution in [3.63, 3.8) is 0 Å². The topological polar surface area (TPSA) is 71.4 Å². The highest BCUT2D eigenvalue weighted by atomic mass is 14.3. The summed E-state index contributed by atoms with van der Waals surface area (Å²) in [6.45, 7) is 1.79. The minimum atomic E-state index is -0.140. The zero-order valence-electron chi connectivity index (χ0n) is 8.12. The van der Waals surface area contributed by atoms with Gasteiger partial charge in [0.05, 0.1) is 18.2 Å². The fourth-order valence-corrected chi connectivity index (χ4v) is 0.953. The minimum absolute atomic E-state index is 0. The van der Waals surface area contributed by atoms with Crippen LogP contribution in [0, 0.1) is 45.8 Å². The van der Waals surface area contributed by atoms with E-state index in [-0.39, 0.29) is 13.3 Å². The van der Waals surface area contributed by atoms with Crippen molar-refractivity contribution in [3.05, 3.63) is 0 Å². The SMILES string of the molecule is CC(C#N)CC(C#N)CCC#N.[H+]. The number of nitrogens with zero attached hydrogens (tertiary/aromatic N) is 3. The average Bonchev–Trinajstić information content (AvgIpc) is 2.11. The van der Waals surface area contributed by atoms with Crippen LogP contribution in [0.2, 0.25) is 0 Å². The summed E-state index contributed by atoms with van der Waals surface area (Å²) in [5.41, 5.74) is 0. The molecule has 3 nitrogen and oxygen atoms in total. The van der Waals surface area contributed by atoms with Crippen molar-refractivity contribution in [1.29, 1.82) is 15.8 Å². The number of rotatable bonds is 4. The summed E-state index contributed by atoms with van der Waals surface area (Å²) in [5.74, 6) is -0.229. The van der Waals surface area contributed by atoms with Crippen LogP contribution in [0.15, 0.2) is 0 Å². The Morgan fingerprint density at radius 2 is 1.92 bits per heavy atom. The third-order valence-electron chi connectivity index (χ3n) is 1.65. The van der Waals surface area contributed by atoms with Crippen LogP contribution >= 0.6 is 0 Å². The van der Waals surface area contributed by atoms with Crippen LogP contribution in [0.25, 0.3) is 0 Å². The lowest BCUT2D eigenvalue weighted by molar-refractivity contribution is 0.500. The van der Waals surface area contributed by atoms with Gasteiger partial charge in [-0.05, 0) is 19.8 Å². The molecule has 0 fully saturated rings. The molecule has 0 heterocycles. The predicted molar refractivity (Wildman–Crippen MR) is 44.5 cm³/mol. The molecule has 0 amide bonds. The number of hydrogen-bond donors (Lipinski definition) is 0. The van der Waals surface area contributed by atoms with E-state index in [1.807, 2.05) is 6.07 Å². The van der Waals surface area contributed by atoms with E-state index < -0.39 is 0 Å². The van der Waals surface area contributed by atoms with Crippen molar-refractivity contribution in [1.82, 2.24) is 0 Å². The zero-order valence-corrected chi connectivity index (χ0v) is 7.12. The van der Waals surface area contributed by atoms with Crippen molar-refractivity contribution in [2.24, 2.45) is 11.8 Å². The second kappa shape index (κ2) is 6.20. The van der Waals surface area contributed by atoms with Crippen molar-refractivity contribution < 1.29 is 1.43 Å². The Labute approximate surface area is 74.3 Å². The van der Waals surface area contributed by atoms with Gasteiger partial charge < -0.3 is 0 Å². The maximum atomic E-state index is 8.63. The van der Waals surface area contributed by atoms with Crippen LogP contribution in [-0.2, 0) is 0 Å². The fourth-order valence-electron chi connectivity index (χ4n) is 0.953. The van der Waals surface area contributed by atoms with E-state index in [2.05, 4.69) is 12.1 Å². The highest BCUT2D eigenvalue weighted by molar-refractivity contribution is 4.91. The van der Waals surface area contributed by atoms with Gasteiger partial charge in [0.2, 0.25) is 0 Å². The highest BCUT2D eigenvalue weighted by Crippen LogP contribution is 2.15. The summed E-state index contributed by atoms with van der Waals surface area (Å²) in [7, 11) is 0. The summed E-state index contributed by atoms with van der Waals surface area (Å²) < 4.78 is 0. The molecule has 62 valence electrons. The average molecular weight is 162 g/mol. The van der Waals surface area contributed by atoms with Gasteiger partial charge in [0, 0.05) is 18.3 Å². The molecule has 2 atom stereocenters. The molecule has 0 saturated heterocycles. The first-order chi connectivity index (χ1) is 5.74. The third-order valence-corrected chi connectivity index (χ3v) is 1.65. The van der Waals surface area contributed by atoms with Gasteiger partial charge in [0.25, 0.3) is 0 Å². The Bertz CT molecular complexity index is 243. The van der Waals surface area contributed by atoms with Crippen molar-refractivity contribution in [2.45, 2.75) is 26.2 Å². The summed E-state index contributed by atoms with van der Waals surface area (Å²) in [4.78, 5) is 0. The Hall–Kier alpha value is -1.53. The summed E-state index contributed by atoms with van der Waals surface area (Å²) >= 11 is 0. The van der Waals surface area contributed by atoms with E-state index in [9.17, 15) is 0 Å². The van der Waals surface area contributed by atoms with Crippen LogP contribution in [0.1, 0.15) is 27.6 Å². The Kier molecular flexibility index (Phi) is 5.41. The van der Waals surface area contributed by atoms with Gasteiger partial charge in [-0.3, -0.25) is 0 Å². The van der Waals surface area contributed by atoms with Gasteiger partial charge in [0.15, 0.2) is 0 Å². The third kappa shape index (κ3) is 4.31. The Balaban J connectivity index is 0. The molecule has 0 aliphatic carbocycles. The van der Waals surface area contributed by atoms with Crippen LogP contribution in [0.3, 0.4) is 0 Å². The van der Waals surface area contributed by atoms with E-state index in [0.717, 1.165) is 0 Å². The second-order valence-corrected chi connectivity index (χ2v) is 2.79. The maximum absolute atomic E-state index is 8.63. The summed E-state index contributed by atoms with van der Waals surface area (Å²) in [6.07, 6.45) is 1.56. The highest BCUT2D eigenvalue weighted by Gasteiger charge is 2.11. The van der Waals surface area contributed by atoms with Gasteiger partial charge in [0.1, 0.15) is 0 Å². The summed E-state index contributed by atoms with van der Waals surface area (Å²) in [5, 5.41) is 25.4. The molecular formula is C9H12N3+. The molecule has 0 N–H and O–H groups in total. The second-order valence-electron chi connectivity index (χ2n) is 2.79. The molecule has 0 aliphatic rings. The smallest absolute Gasteiger partial charge is 0.198 e. The van der Waals surface area contributed by atoms with E-state index >= 15 is 0 Å². The molecule has 2 unspecified atom stereocenters. The van der Waals surface area contributed by atoms with E-state index in [1.54, 1.807) is 6.92 Å². The molecule has 0 aromatic rings. The van der Waals surface area contributed by atoms with E-state index in [0.29, 0.717) is 19.3 Å². The van der Waals surface area contributed by atoms with Crippen LogP contribution in [0.5, 0.6) is 0 Å². The Morgan fingerprint density at radius 3 is 2.33 bits per heavy atom. The first-order valence-corrected chi connectivity index (χ1v) is 3.90. The number of nitriles is 3. The van der Waals surface area contributed by atoms with Gasteiger partial charge in [-0.15, -0.1) is 0 Å². The first kappa shape index (κ1) is 10.5. The molecule has 0 rings (SSSR count). The molecule has 0 aliphatic heterocycles. The normalized spacial score (nSPS) is 13.5. The molecular weight excluding hydrogens is 150 g/mol. The van der Waals surface area contributed by atoms with Crippen molar-refractivity contribution in [3.8, 4) is 18.2 Å². The molecule has 0 aromatic carbocycles. The fraction of sp³-hybridized carbons (Fsp3) is 0.667. The van der Waals surface area contributed by atoms with Gasteiger partial charge in [-0.25, -0.2) is 0 Å². The minimum Gasteiger partial charge on any atom is -0.198 e. The van der Waals surface area contributed by atoms with Crippen LogP contribution in [0.4, 0.5) is 0 Å². The lowest BCUT2D eigenvalue weighted by Gasteiger charge is -2.06. The molecule has 0 saturated carbocycles. The lowest BCUT2D eigenvalue weighted by atomic mass is 9.94. The monoisotopic (exact) mass is 162 g/mol. The summed E-state index contributed by atoms with van der Waals surface area (Å²) in [6, 6.07) is 6.16. The van der Waals surface area contributed by atoms with Gasteiger partial charge in [-0.2, -0.15) is 15.8 Å². The van der Waals surface area contributed by atoms with Gasteiger partial charge in [-0.1, -0.05) is 0 Å². The lowest BCUT2D eigenvalue weighted by Crippen LogP contribution is -2.02. The van der Waals surface area contributed by atoms with E-state index in [4.69, 9.17) is 15.8 Å². The standard InChI is InChI=1S/C9H11N3/c1-8(6-11)5-9(7-12)3-2-4-10/h8-9H,2-3,5H2,1H3/p+1. The van der Waals surface area contributed by atoms with Gasteiger partial charge >= 0.3 is 1.43 Å². The molecule has 0 spiro atoms. The zero-order chi connectivity index (χ0) is 9.40. The molecule has 0 aromatic heterocycles. The molecule has 3 heteroatoms. The van der Waals surface area contributed by atoms with Crippen molar-refractivity contribution in [2.75, 3.05) is 0 Å². The van der Waals surface area contributed by atoms with Crippen molar-refractivity contribution >= 4 is 0 Å². The molecule has 0 radical (unpaired) electrons. The molecule has 0 bridgehead atoms. The largest absolute Gasteiger partial charge is 1.00 e. The quantitative estimate of drug-likeness (QED) is 0.635.